The summed E-state index contributed by atoms with van der Waals surface area (Å²) in [5.74, 6) is 0.506. The maximum absolute atomic E-state index is 3.81. The van der Waals surface area contributed by atoms with Crippen LogP contribution in [0.5, 0.6) is 0 Å². The van der Waals surface area contributed by atoms with Gasteiger partial charge in [0, 0.05) is 0 Å². The minimum atomic E-state index is 0.506. The first kappa shape index (κ1) is 11.7. The van der Waals surface area contributed by atoms with Crippen LogP contribution in [-0.2, 0) is 0 Å². The Labute approximate surface area is 104 Å². The fourth-order valence-electron chi connectivity index (χ4n) is 1.82. The smallest absolute Gasteiger partial charge is 0.00180 e. The molecule has 0 N–H and O–H groups in total. The Kier molecular flexibility index (Phi) is 3.77. The molecule has 1 aliphatic rings. The molecule has 17 heavy (non-hydrogen) atoms. The highest BCUT2D eigenvalue weighted by Crippen LogP contribution is 2.18. The van der Waals surface area contributed by atoms with Crippen LogP contribution in [0.4, 0.5) is 0 Å². The summed E-state index contributed by atoms with van der Waals surface area (Å²) in [4.78, 5) is 0. The zero-order valence-electron chi connectivity index (χ0n) is 10.3. The quantitative estimate of drug-likeness (QED) is 0.650. The van der Waals surface area contributed by atoms with E-state index in [4.69, 9.17) is 0 Å². The summed E-state index contributed by atoms with van der Waals surface area (Å²) in [6.07, 6.45) is 14.0. The molecule has 0 saturated heterocycles. The summed E-state index contributed by atoms with van der Waals surface area (Å²) in [5, 5.41) is 0. The summed E-state index contributed by atoms with van der Waals surface area (Å²) in [7, 11) is 0. The van der Waals surface area contributed by atoms with E-state index in [0.717, 1.165) is 6.42 Å². The van der Waals surface area contributed by atoms with E-state index in [1.54, 1.807) is 0 Å². The zero-order valence-corrected chi connectivity index (χ0v) is 10.3. The summed E-state index contributed by atoms with van der Waals surface area (Å²) < 4.78 is 0. The van der Waals surface area contributed by atoms with Gasteiger partial charge >= 0.3 is 0 Å². The van der Waals surface area contributed by atoms with Crippen LogP contribution in [0.25, 0.3) is 6.08 Å². The first-order chi connectivity index (χ1) is 8.28. The van der Waals surface area contributed by atoms with E-state index < -0.39 is 0 Å². The molecule has 0 spiro atoms. The number of benzene rings is 1. The second-order valence-corrected chi connectivity index (χ2v) is 4.44. The number of hydrogen-bond donors (Lipinski definition) is 0. The number of rotatable bonds is 3. The maximum atomic E-state index is 3.81. The molecule has 0 amide bonds. The van der Waals surface area contributed by atoms with Gasteiger partial charge in [-0.3, -0.25) is 0 Å². The van der Waals surface area contributed by atoms with E-state index in [1.165, 1.54) is 16.7 Å². The third-order valence-corrected chi connectivity index (χ3v) is 3.01. The molecule has 0 aromatic heterocycles. The number of hydrogen-bond acceptors (Lipinski definition) is 0. The lowest BCUT2D eigenvalue weighted by Crippen LogP contribution is -1.94. The normalized spacial score (nSPS) is 19.4. The Bertz CT molecular complexity index is 469. The topological polar surface area (TPSA) is 0 Å². The van der Waals surface area contributed by atoms with Crippen LogP contribution < -0.4 is 0 Å². The van der Waals surface area contributed by atoms with Gasteiger partial charge in [-0.25, -0.2) is 0 Å². The minimum absolute atomic E-state index is 0.506. The van der Waals surface area contributed by atoms with Crippen molar-refractivity contribution in [3.63, 3.8) is 0 Å². The van der Waals surface area contributed by atoms with E-state index in [-0.39, 0.29) is 0 Å². The molecule has 2 rings (SSSR count). The Morgan fingerprint density at radius 3 is 2.53 bits per heavy atom. The minimum Gasteiger partial charge on any atom is -0.102 e. The lowest BCUT2D eigenvalue weighted by molar-refractivity contribution is 0.820. The van der Waals surface area contributed by atoms with Gasteiger partial charge in [0.1, 0.15) is 0 Å². The molecule has 1 unspecified atom stereocenters. The van der Waals surface area contributed by atoms with Crippen LogP contribution in [0.2, 0.25) is 0 Å². The van der Waals surface area contributed by atoms with Crippen molar-refractivity contribution >= 4 is 6.08 Å². The van der Waals surface area contributed by atoms with Gasteiger partial charge in [-0.15, -0.1) is 6.58 Å². The average molecular weight is 222 g/mol. The van der Waals surface area contributed by atoms with Gasteiger partial charge in [0.2, 0.25) is 0 Å². The Morgan fingerprint density at radius 2 is 1.94 bits per heavy atom. The summed E-state index contributed by atoms with van der Waals surface area (Å²) >= 11 is 0. The van der Waals surface area contributed by atoms with Gasteiger partial charge in [-0.2, -0.15) is 0 Å². The Balaban J connectivity index is 2.02. The van der Waals surface area contributed by atoms with E-state index in [1.807, 2.05) is 6.08 Å². The third kappa shape index (κ3) is 3.32. The van der Waals surface area contributed by atoms with Gasteiger partial charge in [0.05, 0.1) is 0 Å². The van der Waals surface area contributed by atoms with Crippen LogP contribution in [0, 0.1) is 12.8 Å². The fraction of sp³-hybridized carbons (Fsp3) is 0.176. The van der Waals surface area contributed by atoms with Crippen molar-refractivity contribution in [2.75, 3.05) is 0 Å². The van der Waals surface area contributed by atoms with Gasteiger partial charge in [0.15, 0.2) is 0 Å². The van der Waals surface area contributed by atoms with Gasteiger partial charge in [-0.05, 0) is 30.4 Å². The predicted octanol–water partition coefficient (Wildman–Crippen LogP) is 4.70. The molecular formula is C17H18. The van der Waals surface area contributed by atoms with Crippen molar-refractivity contribution in [2.45, 2.75) is 13.3 Å². The van der Waals surface area contributed by atoms with E-state index in [0.29, 0.717) is 5.92 Å². The highest BCUT2D eigenvalue weighted by molar-refractivity contribution is 5.55. The fourth-order valence-corrected chi connectivity index (χ4v) is 1.82. The molecule has 0 saturated carbocycles. The van der Waals surface area contributed by atoms with Crippen molar-refractivity contribution in [1.82, 2.24) is 0 Å². The number of allylic oxidation sites excluding steroid dienone is 6. The maximum Gasteiger partial charge on any atom is -0.00180 e. The molecule has 0 heterocycles. The molecule has 0 nitrogen and oxygen atoms in total. The Hall–Kier alpha value is -1.82. The van der Waals surface area contributed by atoms with E-state index in [2.05, 4.69) is 68.1 Å². The molecule has 0 radical (unpaired) electrons. The molecule has 1 aliphatic carbocycles. The molecule has 86 valence electrons. The lowest BCUT2D eigenvalue weighted by atomic mass is 9.96. The van der Waals surface area contributed by atoms with Crippen molar-refractivity contribution < 1.29 is 0 Å². The largest absolute Gasteiger partial charge is 0.102 e. The SMILES string of the molecule is C=CC1C=CC(/C=C/c2ccc(C)cc2)=CC1. The van der Waals surface area contributed by atoms with Gasteiger partial charge in [0.25, 0.3) is 0 Å². The second-order valence-electron chi connectivity index (χ2n) is 4.44. The van der Waals surface area contributed by atoms with Gasteiger partial charge in [-0.1, -0.05) is 66.3 Å². The van der Waals surface area contributed by atoms with Crippen molar-refractivity contribution in [3.05, 3.63) is 77.9 Å². The molecule has 0 aliphatic heterocycles. The summed E-state index contributed by atoms with van der Waals surface area (Å²) in [6, 6.07) is 8.56. The lowest BCUT2D eigenvalue weighted by Gasteiger charge is -2.09. The van der Waals surface area contributed by atoms with Crippen LogP contribution >= 0.6 is 0 Å². The molecular weight excluding hydrogens is 204 g/mol. The van der Waals surface area contributed by atoms with Crippen LogP contribution in [-0.4, -0.2) is 0 Å². The Morgan fingerprint density at radius 1 is 1.18 bits per heavy atom. The van der Waals surface area contributed by atoms with Crippen LogP contribution in [0.15, 0.2) is 66.8 Å². The first-order valence-corrected chi connectivity index (χ1v) is 6.03. The monoisotopic (exact) mass is 222 g/mol. The van der Waals surface area contributed by atoms with E-state index in [9.17, 15) is 0 Å². The molecule has 0 bridgehead atoms. The molecule has 1 aromatic carbocycles. The van der Waals surface area contributed by atoms with E-state index >= 15 is 0 Å². The average Bonchev–Trinajstić information content (AvgIpc) is 2.39. The highest BCUT2D eigenvalue weighted by atomic mass is 14.1. The second kappa shape index (κ2) is 5.49. The summed E-state index contributed by atoms with van der Waals surface area (Å²) in [5.41, 5.74) is 3.83. The highest BCUT2D eigenvalue weighted by Gasteiger charge is 2.02. The van der Waals surface area contributed by atoms with Crippen molar-refractivity contribution in [1.29, 1.82) is 0 Å². The zero-order chi connectivity index (χ0) is 12.1. The summed E-state index contributed by atoms with van der Waals surface area (Å²) in [6.45, 7) is 5.92. The molecule has 1 atom stereocenters. The molecule has 1 aromatic rings. The number of aryl methyl sites for hydroxylation is 1. The standard InChI is InChI=1S/C17H18/c1-3-15-8-10-17(11-9-15)13-12-16-6-4-14(2)5-7-16/h3-8,10-13,15H,1,9H2,2H3/b13-12+. The first-order valence-electron chi connectivity index (χ1n) is 6.03. The third-order valence-electron chi connectivity index (χ3n) is 3.01. The predicted molar refractivity (Wildman–Crippen MR) is 75.7 cm³/mol. The van der Waals surface area contributed by atoms with Crippen LogP contribution in [0.1, 0.15) is 17.5 Å². The molecule has 0 heteroatoms. The van der Waals surface area contributed by atoms with Gasteiger partial charge < -0.3 is 0 Å². The van der Waals surface area contributed by atoms with Crippen LogP contribution in [0.3, 0.4) is 0 Å². The van der Waals surface area contributed by atoms with Crippen molar-refractivity contribution in [3.8, 4) is 0 Å². The van der Waals surface area contributed by atoms with Crippen molar-refractivity contribution in [2.24, 2.45) is 5.92 Å². The molecule has 0 fully saturated rings.